The van der Waals surface area contributed by atoms with E-state index in [4.69, 9.17) is 10.2 Å². The maximum absolute atomic E-state index is 13.4. The van der Waals surface area contributed by atoms with Gasteiger partial charge in [-0.2, -0.15) is 26.3 Å². The Hall–Kier alpha value is -1.13. The average Bonchev–Trinajstić information content (AvgIpc) is 2.27. The lowest BCUT2D eigenvalue weighted by Crippen LogP contribution is -2.70. The van der Waals surface area contributed by atoms with Crippen LogP contribution in [0.4, 0.5) is 35.1 Å². The number of alkyl halides is 8. The van der Waals surface area contributed by atoms with Gasteiger partial charge in [-0.15, -0.1) is 0 Å². The van der Waals surface area contributed by atoms with Gasteiger partial charge in [0.1, 0.15) is 0 Å². The van der Waals surface area contributed by atoms with E-state index < -0.39 is 41.7 Å². The fourth-order valence-corrected chi connectivity index (χ4v) is 1.10. The van der Waals surface area contributed by atoms with E-state index >= 15 is 0 Å². The van der Waals surface area contributed by atoms with Crippen LogP contribution in [0.2, 0.25) is 0 Å². The van der Waals surface area contributed by atoms with Crippen molar-refractivity contribution in [1.82, 2.24) is 0 Å². The minimum absolute atomic E-state index is 0.0596. The molecular formula is C9H10F8O3. The second-order valence-electron chi connectivity index (χ2n) is 4.20. The Labute approximate surface area is 107 Å². The summed E-state index contributed by atoms with van der Waals surface area (Å²) in [6, 6.07) is 0. The van der Waals surface area contributed by atoms with Gasteiger partial charge in [0, 0.05) is 0 Å². The molecule has 20 heavy (non-hydrogen) atoms. The van der Waals surface area contributed by atoms with Crippen molar-refractivity contribution < 1.29 is 50.1 Å². The second kappa shape index (κ2) is 4.71. The summed E-state index contributed by atoms with van der Waals surface area (Å²) in [6.45, 7) is 0.615. The van der Waals surface area contributed by atoms with E-state index in [2.05, 4.69) is 0 Å². The topological polar surface area (TPSA) is 57.5 Å². The van der Waals surface area contributed by atoms with E-state index in [0.29, 0.717) is 6.92 Å². The van der Waals surface area contributed by atoms with E-state index in [0.717, 1.165) is 0 Å². The fraction of sp³-hybridized carbons (Fsp3) is 0.889. The van der Waals surface area contributed by atoms with Crippen LogP contribution in [0.5, 0.6) is 0 Å². The van der Waals surface area contributed by atoms with E-state index in [-0.39, 0.29) is 6.92 Å². The highest BCUT2D eigenvalue weighted by atomic mass is 19.3. The van der Waals surface area contributed by atoms with Crippen molar-refractivity contribution in [2.75, 3.05) is 0 Å². The van der Waals surface area contributed by atoms with Crippen LogP contribution in [0.3, 0.4) is 0 Å². The minimum Gasteiger partial charge on any atom is -0.477 e. The number of halogens is 8. The van der Waals surface area contributed by atoms with E-state index in [9.17, 15) is 39.9 Å². The second-order valence-corrected chi connectivity index (χ2v) is 4.20. The molecule has 0 aliphatic carbocycles. The summed E-state index contributed by atoms with van der Waals surface area (Å²) in [5, 5.41) is 16.5. The molecule has 0 amide bonds. The summed E-state index contributed by atoms with van der Waals surface area (Å²) >= 11 is 0. The smallest absolute Gasteiger partial charge is 0.410 e. The molecule has 0 spiro atoms. The van der Waals surface area contributed by atoms with E-state index in [1.807, 2.05) is 0 Å². The van der Waals surface area contributed by atoms with Gasteiger partial charge in [0.15, 0.2) is 5.67 Å². The summed E-state index contributed by atoms with van der Waals surface area (Å²) in [4.78, 5) is 9.90. The number of aliphatic carboxylic acids is 1. The van der Waals surface area contributed by atoms with Crippen molar-refractivity contribution >= 4 is 5.97 Å². The predicted octanol–water partition coefficient (Wildman–Crippen LogP) is 2.77. The summed E-state index contributed by atoms with van der Waals surface area (Å²) < 4.78 is 104. The van der Waals surface area contributed by atoms with Gasteiger partial charge in [-0.05, 0) is 13.3 Å². The van der Waals surface area contributed by atoms with E-state index in [1.54, 1.807) is 0 Å². The lowest BCUT2D eigenvalue weighted by atomic mass is 9.85. The number of rotatable bonds is 6. The van der Waals surface area contributed by atoms with Gasteiger partial charge in [0.2, 0.25) is 0 Å². The van der Waals surface area contributed by atoms with Crippen molar-refractivity contribution in [3.05, 3.63) is 0 Å². The Morgan fingerprint density at radius 3 is 1.55 bits per heavy atom. The fourth-order valence-electron chi connectivity index (χ4n) is 1.10. The molecule has 11 heteroatoms. The number of carbonyl (C=O) groups is 1. The number of carboxylic acids is 1. The van der Waals surface area contributed by atoms with Gasteiger partial charge >= 0.3 is 29.6 Å². The van der Waals surface area contributed by atoms with Gasteiger partial charge < -0.3 is 10.2 Å². The SMILES string of the molecule is CCC(C)(F)C(O)(F)C(F)(F)C(F)(F)C(F)(F)C(=O)O. The summed E-state index contributed by atoms with van der Waals surface area (Å²) in [5.74, 6) is -29.4. The van der Waals surface area contributed by atoms with Gasteiger partial charge in [-0.25, -0.2) is 13.6 Å². The molecule has 0 bridgehead atoms. The molecule has 0 radical (unpaired) electrons. The lowest BCUT2D eigenvalue weighted by molar-refractivity contribution is -0.399. The van der Waals surface area contributed by atoms with Crippen molar-refractivity contribution in [2.24, 2.45) is 0 Å². The highest BCUT2D eigenvalue weighted by molar-refractivity contribution is 5.77. The maximum atomic E-state index is 13.4. The third-order valence-corrected chi connectivity index (χ3v) is 2.83. The van der Waals surface area contributed by atoms with Gasteiger partial charge in [0.25, 0.3) is 0 Å². The molecule has 2 N–H and O–H groups in total. The predicted molar refractivity (Wildman–Crippen MR) is 48.3 cm³/mol. The Kier molecular flexibility index (Phi) is 4.44. The first kappa shape index (κ1) is 18.9. The monoisotopic (exact) mass is 318 g/mol. The molecule has 0 aliphatic rings. The minimum atomic E-state index is -6.88. The van der Waals surface area contributed by atoms with Gasteiger partial charge in [-0.3, -0.25) is 0 Å². The molecule has 0 fully saturated rings. The molecule has 0 aromatic carbocycles. The Balaban J connectivity index is 6.05. The van der Waals surface area contributed by atoms with Crippen molar-refractivity contribution in [1.29, 1.82) is 0 Å². The molecule has 3 nitrogen and oxygen atoms in total. The number of carboxylic acid groups (broad SMARTS) is 1. The summed E-state index contributed by atoms with van der Waals surface area (Å²) in [7, 11) is 0. The molecule has 0 saturated heterocycles. The van der Waals surface area contributed by atoms with Crippen LogP contribution in [-0.2, 0) is 4.79 Å². The molecule has 0 saturated carbocycles. The molecule has 0 aromatic heterocycles. The zero-order valence-corrected chi connectivity index (χ0v) is 10.0. The quantitative estimate of drug-likeness (QED) is 0.741. The molecule has 120 valence electrons. The number of hydrogen-bond acceptors (Lipinski definition) is 2. The van der Waals surface area contributed by atoms with Crippen LogP contribution in [0, 0.1) is 0 Å². The molecule has 0 rings (SSSR count). The highest BCUT2D eigenvalue weighted by Crippen LogP contribution is 2.55. The van der Waals surface area contributed by atoms with E-state index in [1.165, 1.54) is 0 Å². The summed E-state index contributed by atoms with van der Waals surface area (Å²) in [6.07, 6.45) is -1.27. The first-order valence-corrected chi connectivity index (χ1v) is 4.97. The molecule has 0 aliphatic heterocycles. The van der Waals surface area contributed by atoms with Crippen LogP contribution in [0.25, 0.3) is 0 Å². The van der Waals surface area contributed by atoms with Crippen LogP contribution in [0.15, 0.2) is 0 Å². The van der Waals surface area contributed by atoms with Crippen molar-refractivity contribution in [3.8, 4) is 0 Å². The van der Waals surface area contributed by atoms with Crippen LogP contribution in [0.1, 0.15) is 20.3 Å². The standard InChI is InChI=1S/C9H10F8O3/c1-3-5(2,10)9(17,20)8(15,16)7(13,14)6(11,12)4(18)19/h20H,3H2,1-2H3,(H,18,19). The molecule has 2 atom stereocenters. The first-order valence-electron chi connectivity index (χ1n) is 4.97. The molecule has 0 heterocycles. The first-order chi connectivity index (χ1) is 8.50. The number of hydrogen-bond donors (Lipinski definition) is 2. The third-order valence-electron chi connectivity index (χ3n) is 2.83. The van der Waals surface area contributed by atoms with Crippen LogP contribution >= 0.6 is 0 Å². The zero-order chi connectivity index (χ0) is 16.8. The zero-order valence-electron chi connectivity index (χ0n) is 10.0. The van der Waals surface area contributed by atoms with Crippen LogP contribution < -0.4 is 0 Å². The largest absolute Gasteiger partial charge is 0.477 e. The maximum Gasteiger partial charge on any atom is 0.410 e. The third kappa shape index (κ3) is 2.21. The molecule has 2 unspecified atom stereocenters. The lowest BCUT2D eigenvalue weighted by Gasteiger charge is -2.41. The van der Waals surface area contributed by atoms with Gasteiger partial charge in [-0.1, -0.05) is 6.92 Å². The van der Waals surface area contributed by atoms with Crippen molar-refractivity contribution in [3.63, 3.8) is 0 Å². The summed E-state index contributed by atoms with van der Waals surface area (Å²) in [5.41, 5.74) is -4.03. The molecular weight excluding hydrogens is 308 g/mol. The molecule has 0 aromatic rings. The Bertz CT molecular complexity index is 391. The normalized spacial score (nSPS) is 20.1. The van der Waals surface area contributed by atoms with Crippen LogP contribution in [-0.4, -0.2) is 45.5 Å². The van der Waals surface area contributed by atoms with Crippen molar-refractivity contribution in [2.45, 2.75) is 49.6 Å². The Morgan fingerprint density at radius 2 is 1.30 bits per heavy atom. The average molecular weight is 318 g/mol. The Morgan fingerprint density at radius 1 is 0.950 bits per heavy atom. The van der Waals surface area contributed by atoms with Gasteiger partial charge in [0.05, 0.1) is 0 Å². The highest BCUT2D eigenvalue weighted by Gasteiger charge is 2.85. The number of aliphatic hydroxyl groups is 1.